The second kappa shape index (κ2) is 5.49. The number of ether oxygens (including phenoxy) is 2. The summed E-state index contributed by atoms with van der Waals surface area (Å²) in [5.41, 5.74) is 0.316. The van der Waals surface area contributed by atoms with E-state index in [-0.39, 0.29) is 11.4 Å². The van der Waals surface area contributed by atoms with E-state index in [4.69, 9.17) is 9.47 Å². The van der Waals surface area contributed by atoms with E-state index in [1.807, 2.05) is 0 Å². The Morgan fingerprint density at radius 1 is 1.00 bits per heavy atom. The van der Waals surface area contributed by atoms with Crippen molar-refractivity contribution in [1.82, 2.24) is 9.97 Å². The summed E-state index contributed by atoms with van der Waals surface area (Å²) in [6.45, 7) is 0. The van der Waals surface area contributed by atoms with Gasteiger partial charge in [0.2, 0.25) is 0 Å². The molecule has 3 aromatic rings. The van der Waals surface area contributed by atoms with E-state index in [0.29, 0.717) is 22.5 Å². The van der Waals surface area contributed by atoms with Crippen molar-refractivity contribution in [1.29, 1.82) is 0 Å². The van der Waals surface area contributed by atoms with Gasteiger partial charge in [0.15, 0.2) is 11.5 Å². The fourth-order valence-corrected chi connectivity index (χ4v) is 2.40. The summed E-state index contributed by atoms with van der Waals surface area (Å²) in [4.78, 5) is 7.15. The van der Waals surface area contributed by atoms with Crippen LogP contribution < -0.4 is 9.47 Å². The molecule has 3 rings (SSSR count). The molecule has 0 radical (unpaired) electrons. The number of aromatic nitrogens is 2. The molecule has 0 fully saturated rings. The van der Waals surface area contributed by atoms with Crippen molar-refractivity contribution >= 4 is 11.0 Å². The maximum absolute atomic E-state index is 13.1. The molecule has 0 spiro atoms. The standard InChI is InChI=1S/C16H13F3N2O2/c1-22-13-7-11-12(8-14(13)23-2)21-15(20-11)9-5-3-4-6-10(9)16(17,18)19/h3-8H,1-2H3,(H,20,21). The van der Waals surface area contributed by atoms with Crippen molar-refractivity contribution in [2.45, 2.75) is 6.18 Å². The highest BCUT2D eigenvalue weighted by atomic mass is 19.4. The maximum atomic E-state index is 13.1. The second-order valence-electron chi connectivity index (χ2n) is 4.85. The molecule has 4 nitrogen and oxygen atoms in total. The molecule has 1 heterocycles. The monoisotopic (exact) mass is 322 g/mol. The number of hydrogen-bond acceptors (Lipinski definition) is 3. The van der Waals surface area contributed by atoms with Crippen molar-refractivity contribution in [2.24, 2.45) is 0 Å². The Kier molecular flexibility index (Phi) is 3.63. The molecule has 0 aliphatic rings. The zero-order valence-corrected chi connectivity index (χ0v) is 12.4. The van der Waals surface area contributed by atoms with Crippen LogP contribution in [0, 0.1) is 0 Å². The number of methoxy groups -OCH3 is 2. The minimum atomic E-state index is -4.45. The van der Waals surface area contributed by atoms with Crippen molar-refractivity contribution in [3.63, 3.8) is 0 Å². The van der Waals surface area contributed by atoms with Gasteiger partial charge in [-0.3, -0.25) is 0 Å². The lowest BCUT2D eigenvalue weighted by Crippen LogP contribution is -2.07. The van der Waals surface area contributed by atoms with Gasteiger partial charge in [-0.15, -0.1) is 0 Å². The van der Waals surface area contributed by atoms with Gasteiger partial charge in [-0.2, -0.15) is 13.2 Å². The normalized spacial score (nSPS) is 11.7. The highest BCUT2D eigenvalue weighted by molar-refractivity contribution is 5.83. The Bertz CT molecular complexity index is 815. The number of imidazole rings is 1. The van der Waals surface area contributed by atoms with Gasteiger partial charge in [-0.1, -0.05) is 18.2 Å². The maximum Gasteiger partial charge on any atom is 0.417 e. The quantitative estimate of drug-likeness (QED) is 0.783. The minimum Gasteiger partial charge on any atom is -0.493 e. The number of alkyl halides is 3. The third kappa shape index (κ3) is 2.69. The lowest BCUT2D eigenvalue weighted by atomic mass is 10.1. The van der Waals surface area contributed by atoms with Gasteiger partial charge >= 0.3 is 6.18 Å². The largest absolute Gasteiger partial charge is 0.493 e. The van der Waals surface area contributed by atoms with Crippen LogP contribution in [0.5, 0.6) is 11.5 Å². The first-order chi connectivity index (χ1) is 10.9. The average Bonchev–Trinajstić information content (AvgIpc) is 2.95. The number of rotatable bonds is 3. The lowest BCUT2D eigenvalue weighted by Gasteiger charge is -2.10. The molecule has 0 aliphatic heterocycles. The fourth-order valence-electron chi connectivity index (χ4n) is 2.40. The first-order valence-corrected chi connectivity index (χ1v) is 6.72. The van der Waals surface area contributed by atoms with Crippen LogP contribution in [0.3, 0.4) is 0 Å². The number of hydrogen-bond donors (Lipinski definition) is 1. The van der Waals surface area contributed by atoms with Crippen molar-refractivity contribution in [3.8, 4) is 22.9 Å². The number of halogens is 3. The summed E-state index contributed by atoms with van der Waals surface area (Å²) in [6, 6.07) is 8.56. The topological polar surface area (TPSA) is 47.1 Å². The zero-order valence-electron chi connectivity index (χ0n) is 12.4. The van der Waals surface area contributed by atoms with E-state index < -0.39 is 11.7 Å². The van der Waals surface area contributed by atoms with Crippen LogP contribution in [0.15, 0.2) is 36.4 Å². The number of nitrogens with zero attached hydrogens (tertiary/aromatic N) is 1. The summed E-state index contributed by atoms with van der Waals surface area (Å²) in [6.07, 6.45) is -4.45. The van der Waals surface area contributed by atoms with Gasteiger partial charge in [0.05, 0.1) is 30.8 Å². The number of benzene rings is 2. The number of nitrogens with one attached hydrogen (secondary N) is 1. The summed E-state index contributed by atoms with van der Waals surface area (Å²) in [7, 11) is 2.97. The molecule has 0 saturated carbocycles. The van der Waals surface area contributed by atoms with E-state index >= 15 is 0 Å². The predicted octanol–water partition coefficient (Wildman–Crippen LogP) is 4.27. The summed E-state index contributed by atoms with van der Waals surface area (Å²) < 4.78 is 49.8. The number of fused-ring (bicyclic) bond motifs is 1. The summed E-state index contributed by atoms with van der Waals surface area (Å²) >= 11 is 0. The first kappa shape index (κ1) is 15.2. The van der Waals surface area contributed by atoms with Gasteiger partial charge in [0.1, 0.15) is 5.82 Å². The third-order valence-corrected chi connectivity index (χ3v) is 3.47. The van der Waals surface area contributed by atoms with E-state index in [2.05, 4.69) is 9.97 Å². The molecule has 1 N–H and O–H groups in total. The Balaban J connectivity index is 2.19. The zero-order chi connectivity index (χ0) is 16.6. The van der Waals surface area contributed by atoms with Crippen LogP contribution in [0.2, 0.25) is 0 Å². The predicted molar refractivity (Wildman–Crippen MR) is 79.6 cm³/mol. The molecule has 1 aromatic heterocycles. The molecule has 0 unspecified atom stereocenters. The smallest absolute Gasteiger partial charge is 0.417 e. The molecule has 0 aliphatic carbocycles. The van der Waals surface area contributed by atoms with Crippen molar-refractivity contribution in [2.75, 3.05) is 14.2 Å². The number of H-pyrrole nitrogens is 1. The molecular formula is C16H13F3N2O2. The van der Waals surface area contributed by atoms with Crippen LogP contribution in [-0.2, 0) is 6.18 Å². The van der Waals surface area contributed by atoms with Crippen LogP contribution in [0.25, 0.3) is 22.4 Å². The summed E-state index contributed by atoms with van der Waals surface area (Å²) in [5.74, 6) is 1.07. The number of aromatic amines is 1. The molecule has 23 heavy (non-hydrogen) atoms. The summed E-state index contributed by atoms with van der Waals surface area (Å²) in [5, 5.41) is 0. The molecular weight excluding hydrogens is 309 g/mol. The van der Waals surface area contributed by atoms with E-state index in [1.165, 1.54) is 26.4 Å². The van der Waals surface area contributed by atoms with Gasteiger partial charge in [-0.25, -0.2) is 4.98 Å². The molecule has 0 atom stereocenters. The Labute approximate surface area is 129 Å². The first-order valence-electron chi connectivity index (χ1n) is 6.72. The van der Waals surface area contributed by atoms with E-state index in [0.717, 1.165) is 6.07 Å². The molecule has 2 aromatic carbocycles. The van der Waals surface area contributed by atoms with Crippen LogP contribution in [-0.4, -0.2) is 24.2 Å². The molecule has 0 amide bonds. The van der Waals surface area contributed by atoms with E-state index in [1.54, 1.807) is 18.2 Å². The fraction of sp³-hybridized carbons (Fsp3) is 0.188. The van der Waals surface area contributed by atoms with Crippen molar-refractivity contribution in [3.05, 3.63) is 42.0 Å². The van der Waals surface area contributed by atoms with Crippen LogP contribution >= 0.6 is 0 Å². The highest BCUT2D eigenvalue weighted by Gasteiger charge is 2.34. The highest BCUT2D eigenvalue weighted by Crippen LogP contribution is 2.37. The van der Waals surface area contributed by atoms with E-state index in [9.17, 15) is 13.2 Å². The van der Waals surface area contributed by atoms with Gasteiger partial charge in [0, 0.05) is 17.7 Å². The minimum absolute atomic E-state index is 0.00543. The molecule has 7 heteroatoms. The average molecular weight is 322 g/mol. The second-order valence-corrected chi connectivity index (χ2v) is 4.85. The molecule has 0 saturated heterocycles. The Hall–Kier alpha value is -2.70. The van der Waals surface area contributed by atoms with Gasteiger partial charge in [-0.05, 0) is 6.07 Å². The van der Waals surface area contributed by atoms with Gasteiger partial charge < -0.3 is 14.5 Å². The molecule has 0 bridgehead atoms. The third-order valence-electron chi connectivity index (χ3n) is 3.47. The Morgan fingerprint density at radius 2 is 1.65 bits per heavy atom. The van der Waals surface area contributed by atoms with Gasteiger partial charge in [0.25, 0.3) is 0 Å². The van der Waals surface area contributed by atoms with Crippen molar-refractivity contribution < 1.29 is 22.6 Å². The molecule has 120 valence electrons. The lowest BCUT2D eigenvalue weighted by molar-refractivity contribution is -0.137. The Morgan fingerprint density at radius 3 is 2.30 bits per heavy atom. The SMILES string of the molecule is COc1cc2nc(-c3ccccc3C(F)(F)F)[nH]c2cc1OC. The van der Waals surface area contributed by atoms with Crippen LogP contribution in [0.4, 0.5) is 13.2 Å². The van der Waals surface area contributed by atoms with Crippen LogP contribution in [0.1, 0.15) is 5.56 Å².